The third-order valence-corrected chi connectivity index (χ3v) is 7.95. The van der Waals surface area contributed by atoms with Gasteiger partial charge in [-0.1, -0.05) is 69.2 Å². The van der Waals surface area contributed by atoms with Gasteiger partial charge in [0.05, 0.1) is 0 Å². The van der Waals surface area contributed by atoms with Gasteiger partial charge in [0.1, 0.15) is 23.0 Å². The molecule has 0 spiro atoms. The molecule has 0 aromatic heterocycles. The molecule has 0 radical (unpaired) electrons. The smallest absolute Gasteiger partial charge is 0.341 e. The van der Waals surface area contributed by atoms with Gasteiger partial charge in [0.15, 0.2) is 6.61 Å². The number of carbonyl (C=O) groups excluding carboxylic acids is 1. The molecular formula is C39H48O6. The molecule has 2 aromatic carbocycles. The van der Waals surface area contributed by atoms with E-state index in [4.69, 9.17) is 19.3 Å². The van der Waals surface area contributed by atoms with Crippen LogP contribution in [0.25, 0.3) is 0 Å². The van der Waals surface area contributed by atoms with Crippen LogP contribution in [-0.4, -0.2) is 23.7 Å². The highest BCUT2D eigenvalue weighted by Gasteiger charge is 2.26. The lowest BCUT2D eigenvalue weighted by Crippen LogP contribution is -2.19. The largest absolute Gasteiger partial charge is 0.482 e. The maximum atomic E-state index is 12.8. The molecule has 0 aliphatic heterocycles. The average molecular weight is 613 g/mol. The van der Waals surface area contributed by atoms with Crippen LogP contribution in [0.1, 0.15) is 90.3 Å². The lowest BCUT2D eigenvalue weighted by molar-refractivity contribution is -0.139. The Balaban J connectivity index is 1.68. The van der Waals surface area contributed by atoms with Crippen LogP contribution in [0.5, 0.6) is 23.0 Å². The number of rotatable bonds is 12. The van der Waals surface area contributed by atoms with Crippen molar-refractivity contribution in [3.63, 3.8) is 0 Å². The number of hydrogen-bond donors (Lipinski definition) is 1. The molecule has 6 nitrogen and oxygen atoms in total. The van der Waals surface area contributed by atoms with E-state index in [1.165, 1.54) is 36.5 Å². The standard InChI is InChI=1S/C39H48O6/c1-25(2)33-23-31(44-38-29(6)21-32(22-30(38)7)43-24-36(40)41)16-18-35(33)45-37(42)20-27(4)13-10-12-26(3)15-17-34-28(5)14-11-19-39(34,8)9/h10,12-13,15-18,20-23,25H,11,14,19,24H2,1-9H3,(H,40,41)/b13-10+,17-15+,26-12+,27-20+. The lowest BCUT2D eigenvalue weighted by Gasteiger charge is -2.32. The first-order valence-corrected chi connectivity index (χ1v) is 15.6. The Kier molecular flexibility index (Phi) is 12.2. The molecule has 3 rings (SSSR count). The summed E-state index contributed by atoms with van der Waals surface area (Å²) in [5.41, 5.74) is 7.52. The zero-order chi connectivity index (χ0) is 33.3. The summed E-state index contributed by atoms with van der Waals surface area (Å²) in [5.74, 6) is 0.817. The van der Waals surface area contributed by atoms with Crippen molar-refractivity contribution in [1.29, 1.82) is 0 Å². The number of ether oxygens (including phenoxy) is 3. The molecule has 0 saturated heterocycles. The summed E-state index contributed by atoms with van der Waals surface area (Å²) in [6.45, 7) is 18.2. The second kappa shape index (κ2) is 15.6. The fraction of sp³-hybridized carbons (Fsp3) is 0.385. The van der Waals surface area contributed by atoms with Gasteiger partial charge in [-0.25, -0.2) is 9.59 Å². The number of esters is 1. The minimum absolute atomic E-state index is 0.0789. The summed E-state index contributed by atoms with van der Waals surface area (Å²) in [4.78, 5) is 23.7. The molecule has 0 fully saturated rings. The Hall–Kier alpha value is -4.32. The summed E-state index contributed by atoms with van der Waals surface area (Å²) in [5, 5.41) is 8.88. The maximum absolute atomic E-state index is 12.8. The molecule has 1 aliphatic rings. The van der Waals surface area contributed by atoms with E-state index in [2.05, 4.69) is 39.8 Å². The van der Waals surface area contributed by atoms with E-state index in [-0.39, 0.29) is 11.3 Å². The number of hydrogen-bond acceptors (Lipinski definition) is 5. The molecule has 0 unspecified atom stereocenters. The Morgan fingerprint density at radius 1 is 0.978 bits per heavy atom. The number of aryl methyl sites for hydroxylation is 2. The Bertz CT molecular complexity index is 1540. The molecule has 0 atom stereocenters. The van der Waals surface area contributed by atoms with E-state index in [9.17, 15) is 9.59 Å². The van der Waals surface area contributed by atoms with Crippen molar-refractivity contribution in [3.05, 3.63) is 106 Å². The van der Waals surface area contributed by atoms with Crippen LogP contribution >= 0.6 is 0 Å². The van der Waals surface area contributed by atoms with Gasteiger partial charge >= 0.3 is 11.9 Å². The molecule has 1 aliphatic carbocycles. The van der Waals surface area contributed by atoms with Crippen molar-refractivity contribution in [1.82, 2.24) is 0 Å². The van der Waals surface area contributed by atoms with E-state index < -0.39 is 18.5 Å². The zero-order valence-electron chi connectivity index (χ0n) is 28.2. The predicted molar refractivity (Wildman–Crippen MR) is 181 cm³/mol. The normalized spacial score (nSPS) is 15.7. The molecule has 1 N–H and O–H groups in total. The second-order valence-electron chi connectivity index (χ2n) is 12.9. The molecule has 240 valence electrons. The lowest BCUT2D eigenvalue weighted by atomic mass is 9.72. The van der Waals surface area contributed by atoms with Crippen LogP contribution in [0.15, 0.2) is 89.1 Å². The Morgan fingerprint density at radius 3 is 2.29 bits per heavy atom. The summed E-state index contributed by atoms with van der Waals surface area (Å²) < 4.78 is 17.3. The average Bonchev–Trinajstić information content (AvgIpc) is 2.93. The monoisotopic (exact) mass is 612 g/mol. The van der Waals surface area contributed by atoms with Gasteiger partial charge in [0.2, 0.25) is 0 Å². The number of allylic oxidation sites excluding steroid dienone is 9. The first-order valence-electron chi connectivity index (χ1n) is 15.6. The molecular weight excluding hydrogens is 564 g/mol. The third-order valence-electron chi connectivity index (χ3n) is 7.95. The van der Waals surface area contributed by atoms with Crippen molar-refractivity contribution < 1.29 is 28.9 Å². The summed E-state index contributed by atoms with van der Waals surface area (Å²) in [6.07, 6.45) is 15.4. The van der Waals surface area contributed by atoms with Crippen molar-refractivity contribution in [3.8, 4) is 23.0 Å². The van der Waals surface area contributed by atoms with Crippen LogP contribution in [0, 0.1) is 19.3 Å². The molecule has 0 bridgehead atoms. The highest BCUT2D eigenvalue weighted by molar-refractivity contribution is 5.85. The van der Waals surface area contributed by atoms with Gasteiger partial charge in [-0.3, -0.25) is 0 Å². The predicted octanol–water partition coefficient (Wildman–Crippen LogP) is 10.1. The van der Waals surface area contributed by atoms with E-state index >= 15 is 0 Å². The van der Waals surface area contributed by atoms with Crippen LogP contribution in [0.4, 0.5) is 0 Å². The summed E-state index contributed by atoms with van der Waals surface area (Å²) in [6, 6.07) is 8.90. The Labute approximate surface area is 268 Å². The fourth-order valence-electron chi connectivity index (χ4n) is 5.56. The first-order chi connectivity index (χ1) is 21.2. The van der Waals surface area contributed by atoms with Gasteiger partial charge in [0.25, 0.3) is 0 Å². The molecule has 45 heavy (non-hydrogen) atoms. The SMILES string of the molecule is CC1=C(/C=C/C(C)=C/C=C/C(C)=C/C(=O)Oc2ccc(Oc3c(C)cc(OCC(=O)O)cc3C)cc2C(C)C)C(C)(C)CCC1. The van der Waals surface area contributed by atoms with Gasteiger partial charge in [-0.05, 0) is 118 Å². The Morgan fingerprint density at radius 2 is 1.67 bits per heavy atom. The molecule has 2 aromatic rings. The quantitative estimate of drug-likeness (QED) is 0.111. The van der Waals surface area contributed by atoms with Crippen LogP contribution in [-0.2, 0) is 9.59 Å². The van der Waals surface area contributed by atoms with Crippen molar-refractivity contribution >= 4 is 11.9 Å². The fourth-order valence-corrected chi connectivity index (χ4v) is 5.56. The van der Waals surface area contributed by atoms with Crippen molar-refractivity contribution in [2.24, 2.45) is 5.41 Å². The molecule has 0 saturated carbocycles. The highest BCUT2D eigenvalue weighted by atomic mass is 16.5. The number of benzene rings is 2. The van der Waals surface area contributed by atoms with Crippen LogP contribution in [0.2, 0.25) is 0 Å². The minimum atomic E-state index is -1.03. The van der Waals surface area contributed by atoms with Crippen LogP contribution in [0.3, 0.4) is 0 Å². The van der Waals surface area contributed by atoms with Crippen molar-refractivity contribution in [2.45, 2.75) is 87.5 Å². The first kappa shape index (κ1) is 35.2. The molecule has 6 heteroatoms. The third kappa shape index (κ3) is 10.4. The number of carboxylic acid groups (broad SMARTS) is 1. The van der Waals surface area contributed by atoms with Crippen LogP contribution < -0.4 is 14.2 Å². The zero-order valence-corrected chi connectivity index (χ0v) is 28.2. The van der Waals surface area contributed by atoms with Gasteiger partial charge in [-0.15, -0.1) is 0 Å². The maximum Gasteiger partial charge on any atom is 0.341 e. The summed E-state index contributed by atoms with van der Waals surface area (Å²) in [7, 11) is 0. The highest BCUT2D eigenvalue weighted by Crippen LogP contribution is 2.41. The second-order valence-corrected chi connectivity index (χ2v) is 12.9. The van der Waals surface area contributed by atoms with Gasteiger partial charge < -0.3 is 19.3 Å². The van der Waals surface area contributed by atoms with Gasteiger partial charge in [-0.2, -0.15) is 0 Å². The van der Waals surface area contributed by atoms with E-state index in [1.807, 2.05) is 58.9 Å². The minimum Gasteiger partial charge on any atom is -0.482 e. The molecule has 0 heterocycles. The number of carboxylic acids is 1. The molecule has 0 amide bonds. The van der Waals surface area contributed by atoms with Gasteiger partial charge in [0, 0.05) is 11.6 Å². The van der Waals surface area contributed by atoms with E-state index in [0.29, 0.717) is 23.0 Å². The number of aliphatic carboxylic acids is 1. The number of carbonyl (C=O) groups is 2. The summed E-state index contributed by atoms with van der Waals surface area (Å²) >= 11 is 0. The van der Waals surface area contributed by atoms with E-state index in [1.54, 1.807) is 24.3 Å². The van der Waals surface area contributed by atoms with Crippen molar-refractivity contribution in [2.75, 3.05) is 6.61 Å². The van der Waals surface area contributed by atoms with E-state index in [0.717, 1.165) is 27.8 Å². The topological polar surface area (TPSA) is 82.1 Å².